The highest BCUT2D eigenvalue weighted by Crippen LogP contribution is 2.30. The summed E-state index contributed by atoms with van der Waals surface area (Å²) in [6.45, 7) is 0.0333. The van der Waals surface area contributed by atoms with Gasteiger partial charge in [-0.1, -0.05) is 23.9 Å². The highest BCUT2D eigenvalue weighted by Gasteiger charge is 2.40. The van der Waals surface area contributed by atoms with Gasteiger partial charge in [-0.05, 0) is 54.3 Å². The van der Waals surface area contributed by atoms with E-state index in [0.29, 0.717) is 30.9 Å². The van der Waals surface area contributed by atoms with E-state index < -0.39 is 49.2 Å². The Morgan fingerprint density at radius 2 is 1.66 bits per heavy atom. The van der Waals surface area contributed by atoms with Gasteiger partial charge in [0, 0.05) is 44.7 Å². The number of alkyl halides is 3. The number of carbonyl (C=O) groups excluding carboxylic acids is 3. The Labute approximate surface area is 346 Å². The van der Waals surface area contributed by atoms with Crippen LogP contribution < -0.4 is 20.5 Å². The van der Waals surface area contributed by atoms with E-state index in [9.17, 15) is 40.7 Å². The van der Waals surface area contributed by atoms with E-state index >= 15 is 0 Å². The summed E-state index contributed by atoms with van der Waals surface area (Å²) in [5.41, 5.74) is 8.49. The molecule has 25 heteroatoms. The van der Waals surface area contributed by atoms with Crippen molar-refractivity contribution in [3.05, 3.63) is 101 Å². The quantitative estimate of drug-likeness (QED) is 0.0753. The van der Waals surface area contributed by atoms with Gasteiger partial charge in [-0.15, -0.1) is 10.2 Å². The van der Waals surface area contributed by atoms with Gasteiger partial charge < -0.3 is 43.9 Å². The van der Waals surface area contributed by atoms with Crippen molar-refractivity contribution in [3.63, 3.8) is 0 Å². The molecule has 6 N–H and O–H groups in total. The summed E-state index contributed by atoms with van der Waals surface area (Å²) in [5.74, 6) is -3.06. The standard InChI is InChI=1S/C20H19N3O4S.C16H15F6N5O.H3O4P/c1-23-16-10-14(26-2)7-8-15(16)21-18(23)11-27-13-5-3-12(4-6-13)9-17-19(24)22-20(25)28-17;17-10-6-12(19)11(18)4-8(10)3-9(23)5-14(28)26-1-2-27-13(7-26)24-25-15(27)16(20,21)22;1-5(2,3)4/h3-8,10,17H,9,11H2,1-2H3,(H,22,24,25);4,6,9H,1-3,5,7,23H2;(H3,1,2,3,4)/t;9-;/m.1./s1. The molecule has 0 aliphatic carbocycles. The fraction of sp³-hybridized carbons (Fsp3) is 0.333. The third-order valence-corrected chi connectivity index (χ3v) is 10.0. The lowest BCUT2D eigenvalue weighted by atomic mass is 10.0. The molecule has 1 saturated heterocycles. The van der Waals surface area contributed by atoms with Crippen molar-refractivity contribution in [2.24, 2.45) is 12.8 Å². The first-order valence-corrected chi connectivity index (χ1v) is 20.2. The van der Waals surface area contributed by atoms with Crippen molar-refractivity contribution in [2.45, 2.75) is 56.4 Å². The predicted octanol–water partition coefficient (Wildman–Crippen LogP) is 4.14. The van der Waals surface area contributed by atoms with E-state index in [4.69, 9.17) is 34.5 Å². The van der Waals surface area contributed by atoms with Crippen molar-refractivity contribution >= 4 is 47.7 Å². The molecule has 2 aromatic heterocycles. The van der Waals surface area contributed by atoms with Gasteiger partial charge in [-0.3, -0.25) is 19.7 Å². The SMILES string of the molecule is COc1ccc2nc(COc3ccc(CC4SC(=O)NC4=O)cc3)n(C)c2c1.N[C@@H](CC(=O)N1CCn2c(nnc2C(F)(F)F)C1)Cc1cc(F)c(F)cc1F.O=P(O)(O)O. The molecule has 328 valence electrons. The number of carbonyl (C=O) groups is 3. The molecule has 1 fully saturated rings. The molecule has 2 aliphatic rings. The molecule has 1 unspecified atom stereocenters. The third-order valence-electron chi connectivity index (χ3n) is 9.03. The van der Waals surface area contributed by atoms with Crippen LogP contribution in [0, 0.1) is 17.5 Å². The second-order valence-corrected chi connectivity index (χ2v) is 15.6. The van der Waals surface area contributed by atoms with Crippen LogP contribution in [0.4, 0.5) is 31.1 Å². The molecule has 4 heterocycles. The number of rotatable bonds is 10. The number of benzene rings is 3. The first-order chi connectivity index (χ1) is 28.6. The van der Waals surface area contributed by atoms with Crippen molar-refractivity contribution in [3.8, 4) is 11.5 Å². The minimum absolute atomic E-state index is 0.000783. The van der Waals surface area contributed by atoms with Crippen LogP contribution in [0.15, 0.2) is 54.6 Å². The van der Waals surface area contributed by atoms with Crippen LogP contribution in [0.2, 0.25) is 0 Å². The zero-order valence-corrected chi connectivity index (χ0v) is 33.7. The molecule has 17 nitrogen and oxygen atoms in total. The lowest BCUT2D eigenvalue weighted by Gasteiger charge is -2.29. The highest BCUT2D eigenvalue weighted by atomic mass is 32.2. The molecular weight excluding hydrogens is 865 g/mol. The predicted molar refractivity (Wildman–Crippen MR) is 204 cm³/mol. The average molecular weight is 903 g/mol. The van der Waals surface area contributed by atoms with E-state index in [1.54, 1.807) is 7.11 Å². The van der Waals surface area contributed by atoms with E-state index in [-0.39, 0.29) is 60.3 Å². The van der Waals surface area contributed by atoms with Crippen LogP contribution in [-0.4, -0.2) is 85.9 Å². The number of hydrogen-bond donors (Lipinski definition) is 5. The topological polar surface area (TPSA) is 237 Å². The van der Waals surface area contributed by atoms with Crippen LogP contribution in [0.3, 0.4) is 0 Å². The maximum atomic E-state index is 13.7. The van der Waals surface area contributed by atoms with Gasteiger partial charge in [0.05, 0.1) is 29.9 Å². The number of methoxy groups -OCH3 is 1. The van der Waals surface area contributed by atoms with Crippen molar-refractivity contribution in [1.29, 1.82) is 0 Å². The Hall–Kier alpha value is -5.52. The number of nitrogens with two attached hydrogens (primary N) is 1. The third kappa shape index (κ3) is 12.8. The normalized spacial score (nSPS) is 15.6. The highest BCUT2D eigenvalue weighted by molar-refractivity contribution is 8.15. The Balaban J connectivity index is 0.000000208. The van der Waals surface area contributed by atoms with Crippen LogP contribution in [0.1, 0.15) is 35.0 Å². The van der Waals surface area contributed by atoms with Gasteiger partial charge in [0.25, 0.3) is 5.24 Å². The number of ether oxygens (including phenoxy) is 2. The minimum Gasteiger partial charge on any atom is -0.497 e. The summed E-state index contributed by atoms with van der Waals surface area (Å²) in [5, 5.41) is 8.25. The maximum absolute atomic E-state index is 13.7. The minimum atomic E-state index is -4.64. The molecule has 0 spiro atoms. The molecule has 7 rings (SSSR count). The van der Waals surface area contributed by atoms with Crippen molar-refractivity contribution in [2.75, 3.05) is 13.7 Å². The van der Waals surface area contributed by atoms with Gasteiger partial charge in [0.15, 0.2) is 17.5 Å². The number of hydrogen-bond acceptors (Lipinski definition) is 11. The maximum Gasteiger partial charge on any atom is 0.466 e. The Bertz CT molecular complexity index is 2440. The summed E-state index contributed by atoms with van der Waals surface area (Å²) in [7, 11) is -1.05. The summed E-state index contributed by atoms with van der Waals surface area (Å²) in [4.78, 5) is 62.7. The first-order valence-electron chi connectivity index (χ1n) is 17.8. The molecule has 5 aromatic rings. The van der Waals surface area contributed by atoms with E-state index in [0.717, 1.165) is 44.5 Å². The number of imidazole rings is 1. The largest absolute Gasteiger partial charge is 0.497 e. The lowest BCUT2D eigenvalue weighted by molar-refractivity contribution is -0.148. The van der Waals surface area contributed by atoms with Gasteiger partial charge in [-0.25, -0.2) is 22.7 Å². The number of imide groups is 1. The van der Waals surface area contributed by atoms with Gasteiger partial charge in [-0.2, -0.15) is 13.2 Å². The molecule has 2 aliphatic heterocycles. The zero-order chi connectivity index (χ0) is 44.8. The van der Waals surface area contributed by atoms with Crippen LogP contribution in [0.5, 0.6) is 11.5 Å². The Kier molecular flexibility index (Phi) is 14.8. The second kappa shape index (κ2) is 19.5. The summed E-state index contributed by atoms with van der Waals surface area (Å²) < 4.78 is 101. The van der Waals surface area contributed by atoms with Crippen LogP contribution in [-0.2, 0) is 59.9 Å². The van der Waals surface area contributed by atoms with Gasteiger partial charge >= 0.3 is 14.0 Å². The number of aromatic nitrogens is 5. The number of thioether (sulfide) groups is 1. The van der Waals surface area contributed by atoms with Crippen LogP contribution in [0.25, 0.3) is 11.0 Å². The smallest absolute Gasteiger partial charge is 0.466 e. The number of nitrogens with zero attached hydrogens (tertiary/aromatic N) is 6. The first kappa shape index (κ1) is 46.5. The summed E-state index contributed by atoms with van der Waals surface area (Å²) in [6, 6.07) is 13.5. The number of fused-ring (bicyclic) bond motifs is 2. The number of nitrogens with one attached hydrogen (secondary N) is 1. The molecule has 0 saturated carbocycles. The monoisotopic (exact) mass is 902 g/mol. The Morgan fingerprint density at radius 1 is 1.00 bits per heavy atom. The molecule has 61 heavy (non-hydrogen) atoms. The summed E-state index contributed by atoms with van der Waals surface area (Å²) >= 11 is 1.04. The van der Waals surface area contributed by atoms with Gasteiger partial charge in [0.2, 0.25) is 17.6 Å². The van der Waals surface area contributed by atoms with E-state index in [1.807, 2.05) is 54.1 Å². The fourth-order valence-electron chi connectivity index (χ4n) is 6.10. The Morgan fingerprint density at radius 3 is 2.28 bits per heavy atom. The number of amides is 3. The second-order valence-electron chi connectivity index (χ2n) is 13.4. The zero-order valence-electron chi connectivity index (χ0n) is 32.0. The fourth-order valence-corrected chi connectivity index (χ4v) is 6.96. The van der Waals surface area contributed by atoms with Crippen molar-refractivity contribution < 1.29 is 69.4 Å². The molecule has 3 amide bonds. The van der Waals surface area contributed by atoms with E-state index in [1.165, 1.54) is 4.90 Å². The summed E-state index contributed by atoms with van der Waals surface area (Å²) in [6.07, 6.45) is -4.60. The number of phosphoric acid groups is 1. The van der Waals surface area contributed by atoms with Crippen molar-refractivity contribution in [1.82, 2.24) is 34.5 Å². The number of halogens is 6. The number of aryl methyl sites for hydroxylation is 1. The molecule has 0 bridgehead atoms. The molecule has 2 atom stereocenters. The molecule has 3 aromatic carbocycles. The molecular formula is C36H37F6N8O9PS. The lowest BCUT2D eigenvalue weighted by Crippen LogP contribution is -2.42. The van der Waals surface area contributed by atoms with Gasteiger partial charge in [0.1, 0.15) is 29.7 Å². The molecule has 0 radical (unpaired) electrons. The van der Waals surface area contributed by atoms with E-state index in [2.05, 4.69) is 20.5 Å². The van der Waals surface area contributed by atoms with Crippen LogP contribution >= 0.6 is 19.6 Å². The average Bonchev–Trinajstić information content (AvgIpc) is 3.86.